The number of halogens is 3. The van der Waals surface area contributed by atoms with Gasteiger partial charge in [0.05, 0.1) is 18.4 Å². The first-order valence-electron chi connectivity index (χ1n) is 10.2. The van der Waals surface area contributed by atoms with Crippen molar-refractivity contribution in [2.45, 2.75) is 24.6 Å². The number of likely N-dealkylation sites (tertiary alicyclic amines) is 1. The maximum atomic E-state index is 12.7. The van der Waals surface area contributed by atoms with Crippen LogP contribution in [0.15, 0.2) is 53.9 Å². The van der Waals surface area contributed by atoms with Crippen molar-refractivity contribution >= 4 is 23.1 Å². The van der Waals surface area contributed by atoms with Gasteiger partial charge in [-0.1, -0.05) is 12.1 Å². The van der Waals surface area contributed by atoms with E-state index in [-0.39, 0.29) is 18.8 Å². The number of nitrogens with one attached hydrogen (secondary N) is 1. The fourth-order valence-electron chi connectivity index (χ4n) is 3.71. The number of nitrogens with zero attached hydrogens (tertiary/aromatic N) is 2. The van der Waals surface area contributed by atoms with E-state index in [4.69, 9.17) is 4.74 Å². The summed E-state index contributed by atoms with van der Waals surface area (Å²) in [5, 5.41) is 16.2. The summed E-state index contributed by atoms with van der Waals surface area (Å²) in [4.78, 5) is 18.7. The van der Waals surface area contributed by atoms with Crippen molar-refractivity contribution in [2.24, 2.45) is 0 Å². The molecule has 1 aliphatic rings. The Hall–Kier alpha value is -3.11. The highest BCUT2D eigenvalue weighted by atomic mass is 32.1. The molecule has 2 amide bonds. The minimum Gasteiger partial charge on any atom is -0.496 e. The molecule has 1 aromatic heterocycles. The lowest BCUT2D eigenvalue weighted by atomic mass is 9.92. The number of urea groups is 1. The van der Waals surface area contributed by atoms with Gasteiger partial charge >= 0.3 is 12.2 Å². The molecule has 1 fully saturated rings. The van der Waals surface area contributed by atoms with Gasteiger partial charge in [0.15, 0.2) is 0 Å². The summed E-state index contributed by atoms with van der Waals surface area (Å²) in [6.07, 6.45) is -3.83. The third kappa shape index (κ3) is 4.96. The molecule has 6 nitrogen and oxygen atoms in total. The maximum Gasteiger partial charge on any atom is 0.416 e. The second-order valence-corrected chi connectivity index (χ2v) is 8.62. The number of hydrogen-bond donors (Lipinski definition) is 2. The smallest absolute Gasteiger partial charge is 0.416 e. The van der Waals surface area contributed by atoms with E-state index in [2.05, 4.69) is 10.3 Å². The monoisotopic (exact) mass is 477 g/mol. The number of carbonyl (C=O) groups excluding carboxylic acids is 1. The Kier molecular flexibility index (Phi) is 6.31. The molecule has 2 aromatic carbocycles. The number of aliphatic hydroxyl groups is 1. The molecule has 0 aliphatic carbocycles. The average Bonchev–Trinajstić information content (AvgIpc) is 3.30. The zero-order valence-electron chi connectivity index (χ0n) is 17.7. The van der Waals surface area contributed by atoms with E-state index in [9.17, 15) is 23.1 Å². The predicted octanol–water partition coefficient (Wildman–Crippen LogP) is 5.35. The molecule has 0 saturated carbocycles. The van der Waals surface area contributed by atoms with E-state index in [1.807, 2.05) is 29.6 Å². The van der Waals surface area contributed by atoms with E-state index < -0.39 is 23.4 Å². The fraction of sp³-hybridized carbons (Fsp3) is 0.304. The molecule has 2 heterocycles. The number of ether oxygens (including phenoxy) is 1. The summed E-state index contributed by atoms with van der Waals surface area (Å²) in [7, 11) is 1.59. The molecule has 0 spiro atoms. The lowest BCUT2D eigenvalue weighted by Gasteiger charge is -2.36. The Morgan fingerprint density at radius 1 is 1.15 bits per heavy atom. The quantitative estimate of drug-likeness (QED) is 0.531. The molecule has 0 unspecified atom stereocenters. The lowest BCUT2D eigenvalue weighted by molar-refractivity contribution is -0.137. The molecule has 10 heteroatoms. The summed E-state index contributed by atoms with van der Waals surface area (Å²) in [6, 6.07) is 11.4. The molecular weight excluding hydrogens is 455 g/mol. The number of anilines is 1. The second-order valence-electron chi connectivity index (χ2n) is 7.76. The second kappa shape index (κ2) is 9.03. The molecule has 0 bridgehead atoms. The highest BCUT2D eigenvalue weighted by Gasteiger charge is 2.38. The Morgan fingerprint density at radius 3 is 2.45 bits per heavy atom. The summed E-state index contributed by atoms with van der Waals surface area (Å²) in [5.74, 6) is 0.691. The van der Waals surface area contributed by atoms with Crippen LogP contribution in [0.1, 0.15) is 23.4 Å². The van der Waals surface area contributed by atoms with Gasteiger partial charge in [-0.2, -0.15) is 13.2 Å². The molecule has 33 heavy (non-hydrogen) atoms. The van der Waals surface area contributed by atoms with Crippen LogP contribution in [-0.4, -0.2) is 41.2 Å². The van der Waals surface area contributed by atoms with Crippen LogP contribution in [-0.2, 0) is 11.8 Å². The number of carbonyl (C=O) groups is 1. The average molecular weight is 478 g/mol. The lowest BCUT2D eigenvalue weighted by Crippen LogP contribution is -2.46. The minimum atomic E-state index is -4.43. The van der Waals surface area contributed by atoms with Crippen LogP contribution in [0.4, 0.5) is 23.7 Å². The Morgan fingerprint density at radius 2 is 1.82 bits per heavy atom. The number of aromatic nitrogens is 1. The topological polar surface area (TPSA) is 74.7 Å². The Bertz CT molecular complexity index is 1120. The molecule has 174 valence electrons. The van der Waals surface area contributed by atoms with Gasteiger partial charge in [-0.25, -0.2) is 9.78 Å². The minimum absolute atomic E-state index is 0.273. The molecule has 0 atom stereocenters. The van der Waals surface area contributed by atoms with Crippen LogP contribution in [0.3, 0.4) is 0 Å². The summed E-state index contributed by atoms with van der Waals surface area (Å²) in [5.41, 5.74) is -0.117. The van der Waals surface area contributed by atoms with Crippen LogP contribution in [0, 0.1) is 0 Å². The summed E-state index contributed by atoms with van der Waals surface area (Å²) < 4.78 is 43.5. The van der Waals surface area contributed by atoms with Gasteiger partial charge in [0.2, 0.25) is 0 Å². The first kappa shape index (κ1) is 23.1. The Balaban J connectivity index is 1.39. The number of piperidine rings is 1. The normalized spacial score (nSPS) is 15.8. The summed E-state index contributed by atoms with van der Waals surface area (Å²) >= 11 is 1.36. The van der Waals surface area contributed by atoms with Crippen molar-refractivity contribution in [1.29, 1.82) is 0 Å². The van der Waals surface area contributed by atoms with Gasteiger partial charge in [0, 0.05) is 42.6 Å². The van der Waals surface area contributed by atoms with E-state index in [1.165, 1.54) is 28.4 Å². The molecule has 1 saturated heterocycles. The van der Waals surface area contributed by atoms with Crippen molar-refractivity contribution < 1.29 is 27.8 Å². The van der Waals surface area contributed by atoms with Crippen molar-refractivity contribution in [2.75, 3.05) is 25.5 Å². The third-order valence-electron chi connectivity index (χ3n) is 5.63. The van der Waals surface area contributed by atoms with Crippen molar-refractivity contribution in [3.8, 4) is 17.0 Å². The standard InChI is InChI=1S/C23H22F3N3O3S/c1-32-19-5-3-2-4-17(19)18-14-33-20(28-18)22(31)10-12-29(13-11-22)21(30)27-16-8-6-15(7-9-16)23(24,25)26/h2-9,14,31H,10-13H2,1H3,(H,27,30). The van der Waals surface area contributed by atoms with Gasteiger partial charge in [0.25, 0.3) is 0 Å². The van der Waals surface area contributed by atoms with Crippen LogP contribution < -0.4 is 10.1 Å². The van der Waals surface area contributed by atoms with Gasteiger partial charge in [0.1, 0.15) is 16.4 Å². The Labute approximate surface area is 192 Å². The molecule has 0 radical (unpaired) electrons. The maximum absolute atomic E-state index is 12.7. The highest BCUT2D eigenvalue weighted by molar-refractivity contribution is 7.10. The van der Waals surface area contributed by atoms with Gasteiger partial charge in [-0.15, -0.1) is 11.3 Å². The van der Waals surface area contributed by atoms with E-state index >= 15 is 0 Å². The number of hydrogen-bond acceptors (Lipinski definition) is 5. The van der Waals surface area contributed by atoms with Gasteiger partial charge in [-0.3, -0.25) is 0 Å². The van der Waals surface area contributed by atoms with Crippen LogP contribution in [0.25, 0.3) is 11.3 Å². The van der Waals surface area contributed by atoms with Crippen molar-refractivity contribution in [1.82, 2.24) is 9.88 Å². The number of para-hydroxylation sites is 1. The largest absolute Gasteiger partial charge is 0.496 e. The summed E-state index contributed by atoms with van der Waals surface area (Å²) in [6.45, 7) is 0.569. The van der Waals surface area contributed by atoms with Crippen LogP contribution in [0.5, 0.6) is 5.75 Å². The zero-order valence-corrected chi connectivity index (χ0v) is 18.5. The predicted molar refractivity (Wildman–Crippen MR) is 119 cm³/mol. The molecular formula is C23H22F3N3O3S. The van der Waals surface area contributed by atoms with E-state index in [0.29, 0.717) is 29.3 Å². The van der Waals surface area contributed by atoms with Crippen molar-refractivity contribution in [3.05, 3.63) is 64.5 Å². The number of amides is 2. The molecule has 1 aliphatic heterocycles. The van der Waals surface area contributed by atoms with E-state index in [0.717, 1.165) is 17.7 Å². The molecule has 2 N–H and O–H groups in total. The molecule has 3 aromatic rings. The first-order valence-corrected chi connectivity index (χ1v) is 11.1. The van der Waals surface area contributed by atoms with Crippen LogP contribution >= 0.6 is 11.3 Å². The number of benzene rings is 2. The number of thiazole rings is 1. The van der Waals surface area contributed by atoms with E-state index in [1.54, 1.807) is 7.11 Å². The van der Waals surface area contributed by atoms with Gasteiger partial charge < -0.3 is 20.1 Å². The third-order valence-corrected chi connectivity index (χ3v) is 6.66. The molecule has 4 rings (SSSR count). The number of rotatable bonds is 4. The SMILES string of the molecule is COc1ccccc1-c1csc(C2(O)CCN(C(=O)Nc3ccc(C(F)(F)F)cc3)CC2)n1. The fourth-order valence-corrected chi connectivity index (χ4v) is 4.68. The zero-order chi connectivity index (χ0) is 23.6. The number of alkyl halides is 3. The number of methoxy groups -OCH3 is 1. The van der Waals surface area contributed by atoms with Crippen molar-refractivity contribution in [3.63, 3.8) is 0 Å². The van der Waals surface area contributed by atoms with Crippen LogP contribution in [0.2, 0.25) is 0 Å². The van der Waals surface area contributed by atoms with Gasteiger partial charge in [-0.05, 0) is 36.4 Å². The highest BCUT2D eigenvalue weighted by Crippen LogP contribution is 2.38. The first-order chi connectivity index (χ1) is 15.7.